The Hall–Kier alpha value is -2.50. The molecule has 7 heterocycles. The lowest BCUT2D eigenvalue weighted by Gasteiger charge is -2.51. The monoisotopic (exact) mass is 632 g/mol. The molecule has 5 fully saturated rings. The van der Waals surface area contributed by atoms with Crippen molar-refractivity contribution in [1.82, 2.24) is 24.8 Å². The highest BCUT2D eigenvalue weighted by Gasteiger charge is 2.59. The Balaban J connectivity index is 0.00000168. The third kappa shape index (κ3) is 5.47. The second kappa shape index (κ2) is 12.0. The van der Waals surface area contributed by atoms with Gasteiger partial charge in [-0.25, -0.2) is 14.2 Å². The van der Waals surface area contributed by atoms with E-state index in [0.717, 1.165) is 64.5 Å². The zero-order valence-corrected chi connectivity index (χ0v) is 27.5. The Labute approximate surface area is 264 Å². The number of aromatic nitrogens is 3. The van der Waals surface area contributed by atoms with Gasteiger partial charge in [-0.15, -0.1) is 0 Å². The summed E-state index contributed by atoms with van der Waals surface area (Å²) in [5.41, 5.74) is -1.12. The number of carbonyl (C=O) groups is 1. The van der Waals surface area contributed by atoms with Gasteiger partial charge in [-0.05, 0) is 85.2 Å². The number of ether oxygens (including phenoxy) is 3. The normalized spacial score (nSPS) is 27.8. The van der Waals surface area contributed by atoms with E-state index in [1.54, 1.807) is 0 Å². The molecular formula is C32H46ClFN6O4. The number of anilines is 1. The van der Waals surface area contributed by atoms with Gasteiger partial charge in [-0.3, -0.25) is 9.80 Å². The van der Waals surface area contributed by atoms with E-state index in [4.69, 9.17) is 30.8 Å². The van der Waals surface area contributed by atoms with Crippen LogP contribution in [0.25, 0.3) is 10.9 Å². The first kappa shape index (κ1) is 31.5. The van der Waals surface area contributed by atoms with Crippen LogP contribution >= 0.6 is 11.6 Å². The van der Waals surface area contributed by atoms with Gasteiger partial charge < -0.3 is 19.1 Å². The molecule has 2 aromatic rings. The number of carbonyl (C=O) groups excluding carboxylic acids is 1. The van der Waals surface area contributed by atoms with Crippen molar-refractivity contribution in [3.63, 3.8) is 0 Å². The van der Waals surface area contributed by atoms with Crippen LogP contribution in [0.4, 0.5) is 15.0 Å². The van der Waals surface area contributed by atoms with Gasteiger partial charge in [0, 0.05) is 25.9 Å². The van der Waals surface area contributed by atoms with Gasteiger partial charge in [0.25, 0.3) is 0 Å². The minimum absolute atomic E-state index is 0.00503. The minimum atomic E-state index is -0.687. The van der Waals surface area contributed by atoms with Gasteiger partial charge >= 0.3 is 12.1 Å². The SMILES string of the molecule is CC.CC(C)(C)OC(=O)N1C2CCC1(C1CCCO1)CN(c1nc(OCC34CCCN3CCC4)nc3c(F)c(Cl)ncc13)C2. The van der Waals surface area contributed by atoms with Crippen LogP contribution in [-0.2, 0) is 9.47 Å². The molecule has 242 valence electrons. The van der Waals surface area contributed by atoms with Gasteiger partial charge in [0.1, 0.15) is 23.5 Å². The van der Waals surface area contributed by atoms with Crippen LogP contribution in [0.2, 0.25) is 5.15 Å². The molecule has 0 aliphatic carbocycles. The first-order valence-electron chi connectivity index (χ1n) is 16.4. The van der Waals surface area contributed by atoms with Crippen LogP contribution in [0.5, 0.6) is 6.01 Å². The predicted molar refractivity (Wildman–Crippen MR) is 167 cm³/mol. The molecule has 7 rings (SSSR count). The molecular weight excluding hydrogens is 587 g/mol. The summed E-state index contributed by atoms with van der Waals surface area (Å²) in [5, 5.41) is 0.235. The Morgan fingerprint density at radius 3 is 2.57 bits per heavy atom. The van der Waals surface area contributed by atoms with Crippen molar-refractivity contribution in [2.45, 2.75) is 115 Å². The number of hydrogen-bond acceptors (Lipinski definition) is 9. The summed E-state index contributed by atoms with van der Waals surface area (Å²) in [7, 11) is 0. The van der Waals surface area contributed by atoms with Gasteiger partial charge in [0.05, 0.1) is 28.6 Å². The predicted octanol–water partition coefficient (Wildman–Crippen LogP) is 5.99. The van der Waals surface area contributed by atoms with E-state index in [0.29, 0.717) is 37.5 Å². The summed E-state index contributed by atoms with van der Waals surface area (Å²) in [4.78, 5) is 33.7. The Morgan fingerprint density at radius 2 is 1.89 bits per heavy atom. The van der Waals surface area contributed by atoms with Crippen LogP contribution in [-0.4, -0.2) is 99.1 Å². The summed E-state index contributed by atoms with van der Waals surface area (Å²) in [6.07, 6.45) is 8.98. The second-order valence-electron chi connectivity index (χ2n) is 13.7. The molecule has 12 heteroatoms. The summed E-state index contributed by atoms with van der Waals surface area (Å²) in [6.45, 7) is 13.9. The molecule has 2 bridgehead atoms. The van der Waals surface area contributed by atoms with Crippen molar-refractivity contribution < 1.29 is 23.4 Å². The van der Waals surface area contributed by atoms with E-state index in [1.807, 2.05) is 39.5 Å². The summed E-state index contributed by atoms with van der Waals surface area (Å²) < 4.78 is 33.9. The fraction of sp³-hybridized carbons (Fsp3) is 0.750. The quantitative estimate of drug-likeness (QED) is 0.369. The third-order valence-electron chi connectivity index (χ3n) is 9.95. The van der Waals surface area contributed by atoms with E-state index < -0.39 is 17.0 Å². The van der Waals surface area contributed by atoms with Crippen molar-refractivity contribution >= 4 is 34.4 Å². The molecule has 5 aliphatic heterocycles. The number of halogens is 2. The fourth-order valence-corrected chi connectivity index (χ4v) is 8.33. The molecule has 0 spiro atoms. The highest BCUT2D eigenvalue weighted by atomic mass is 35.5. The lowest BCUT2D eigenvalue weighted by atomic mass is 9.86. The number of rotatable bonds is 5. The Morgan fingerprint density at radius 1 is 1.14 bits per heavy atom. The van der Waals surface area contributed by atoms with E-state index in [1.165, 1.54) is 6.20 Å². The number of nitrogens with zero attached hydrogens (tertiary/aromatic N) is 6. The van der Waals surface area contributed by atoms with E-state index in [2.05, 4.69) is 19.8 Å². The van der Waals surface area contributed by atoms with Crippen molar-refractivity contribution in [3.8, 4) is 6.01 Å². The first-order valence-corrected chi connectivity index (χ1v) is 16.7. The smallest absolute Gasteiger partial charge is 0.411 e. The number of fused-ring (bicyclic) bond motifs is 4. The summed E-state index contributed by atoms with van der Waals surface area (Å²) in [6, 6.07) is 0.0293. The average Bonchev–Trinajstić information content (AvgIpc) is 3.78. The fourth-order valence-electron chi connectivity index (χ4n) is 8.19. The van der Waals surface area contributed by atoms with E-state index >= 15 is 4.39 Å². The Kier molecular flexibility index (Phi) is 8.60. The molecule has 0 radical (unpaired) electrons. The van der Waals surface area contributed by atoms with Crippen LogP contribution < -0.4 is 9.64 Å². The average molecular weight is 633 g/mol. The number of amides is 1. The maximum Gasteiger partial charge on any atom is 0.411 e. The lowest BCUT2D eigenvalue weighted by Crippen LogP contribution is -2.68. The molecule has 44 heavy (non-hydrogen) atoms. The van der Waals surface area contributed by atoms with Crippen LogP contribution in [0.1, 0.15) is 86.0 Å². The van der Waals surface area contributed by atoms with Crippen LogP contribution in [0.3, 0.4) is 0 Å². The van der Waals surface area contributed by atoms with E-state index in [-0.39, 0.29) is 40.5 Å². The maximum absolute atomic E-state index is 15.4. The van der Waals surface area contributed by atoms with Crippen molar-refractivity contribution in [2.24, 2.45) is 0 Å². The largest absolute Gasteiger partial charge is 0.461 e. The number of pyridine rings is 1. The molecule has 3 unspecified atom stereocenters. The van der Waals surface area contributed by atoms with Crippen molar-refractivity contribution in [1.29, 1.82) is 0 Å². The maximum atomic E-state index is 15.4. The third-order valence-corrected chi connectivity index (χ3v) is 10.2. The molecule has 5 saturated heterocycles. The molecule has 1 amide bonds. The van der Waals surface area contributed by atoms with E-state index in [9.17, 15) is 4.79 Å². The molecule has 2 aromatic heterocycles. The minimum Gasteiger partial charge on any atom is -0.461 e. The van der Waals surface area contributed by atoms with Gasteiger partial charge in [-0.1, -0.05) is 25.4 Å². The summed E-state index contributed by atoms with van der Waals surface area (Å²) >= 11 is 6.12. The zero-order valence-electron chi connectivity index (χ0n) is 26.7. The zero-order chi connectivity index (χ0) is 31.3. The van der Waals surface area contributed by atoms with Crippen molar-refractivity contribution in [3.05, 3.63) is 17.2 Å². The first-order chi connectivity index (χ1) is 21.1. The van der Waals surface area contributed by atoms with Gasteiger partial charge in [0.15, 0.2) is 11.0 Å². The molecule has 0 saturated carbocycles. The summed E-state index contributed by atoms with van der Waals surface area (Å²) in [5.74, 6) is -0.142. The molecule has 5 aliphatic rings. The van der Waals surface area contributed by atoms with Crippen LogP contribution in [0.15, 0.2) is 6.20 Å². The number of piperazine rings is 1. The van der Waals surface area contributed by atoms with Crippen molar-refractivity contribution in [2.75, 3.05) is 44.3 Å². The second-order valence-corrected chi connectivity index (χ2v) is 14.0. The standard InChI is InChI=1S/C30H40ClFN6O4.C2H6/c1-28(2,3)42-27(39)38-19-8-11-30(38,21-7-4-14-40-21)17-36(16-19)25-20-15-33-24(31)22(32)23(20)34-26(35-25)41-18-29-9-5-12-37(29)13-6-10-29;1-2/h15,19,21H,4-14,16-18H2,1-3H3;1-2H3. The van der Waals surface area contributed by atoms with Gasteiger partial charge in [0.2, 0.25) is 0 Å². The lowest BCUT2D eigenvalue weighted by molar-refractivity contribution is -0.0556. The molecule has 10 nitrogen and oxygen atoms in total. The molecule has 0 aromatic carbocycles. The number of hydrogen-bond donors (Lipinski definition) is 0. The topological polar surface area (TPSA) is 93.1 Å². The Bertz CT molecular complexity index is 1370. The highest BCUT2D eigenvalue weighted by Crippen LogP contribution is 2.47. The van der Waals surface area contributed by atoms with Gasteiger partial charge in [-0.2, -0.15) is 9.97 Å². The van der Waals surface area contributed by atoms with Crippen LogP contribution in [0, 0.1) is 5.82 Å². The highest BCUT2D eigenvalue weighted by molar-refractivity contribution is 6.30. The molecule has 3 atom stereocenters. The molecule has 0 N–H and O–H groups in total.